The predicted octanol–water partition coefficient (Wildman–Crippen LogP) is 1.90. The summed E-state index contributed by atoms with van der Waals surface area (Å²) in [5.74, 6) is 0.911. The molecule has 1 aliphatic rings. The zero-order valence-electron chi connectivity index (χ0n) is 10.1. The number of nitrogens with one attached hydrogen (secondary N) is 1. The van der Waals surface area contributed by atoms with Crippen LogP contribution in [0, 0.1) is 0 Å². The maximum Gasteiger partial charge on any atom is 0.220 e. The largest absolute Gasteiger partial charge is 0.469 e. The van der Waals surface area contributed by atoms with E-state index in [4.69, 9.17) is 9.15 Å². The standard InChI is InChI=1S/C13H19NO3/c1-10(12-5-3-9-17-12)14-13(15)7-6-11-4-2-8-16-11/h2,4,8,10,12H,3,5-7,9H2,1H3,(H,14,15)/t10-,12+/m1/s1. The molecule has 0 saturated carbocycles. The summed E-state index contributed by atoms with van der Waals surface area (Å²) >= 11 is 0. The smallest absolute Gasteiger partial charge is 0.220 e. The highest BCUT2D eigenvalue weighted by Crippen LogP contribution is 2.15. The molecule has 0 spiro atoms. The maximum absolute atomic E-state index is 11.7. The number of carbonyl (C=O) groups is 1. The van der Waals surface area contributed by atoms with Crippen LogP contribution in [0.5, 0.6) is 0 Å². The Bertz CT molecular complexity index is 342. The lowest BCUT2D eigenvalue weighted by Gasteiger charge is -2.19. The summed E-state index contributed by atoms with van der Waals surface area (Å²) in [7, 11) is 0. The molecule has 0 radical (unpaired) electrons. The molecular weight excluding hydrogens is 218 g/mol. The molecule has 1 fully saturated rings. The van der Waals surface area contributed by atoms with Crippen molar-refractivity contribution >= 4 is 5.91 Å². The first-order chi connectivity index (χ1) is 8.25. The van der Waals surface area contributed by atoms with Crippen LogP contribution in [-0.2, 0) is 16.0 Å². The second-order valence-corrected chi connectivity index (χ2v) is 4.49. The van der Waals surface area contributed by atoms with Crippen molar-refractivity contribution in [1.82, 2.24) is 5.32 Å². The van der Waals surface area contributed by atoms with Crippen LogP contribution in [0.25, 0.3) is 0 Å². The van der Waals surface area contributed by atoms with Crippen molar-refractivity contribution in [2.75, 3.05) is 6.61 Å². The van der Waals surface area contributed by atoms with E-state index in [1.54, 1.807) is 6.26 Å². The summed E-state index contributed by atoms with van der Waals surface area (Å²) in [6.07, 6.45) is 5.06. The summed E-state index contributed by atoms with van der Waals surface area (Å²) in [5.41, 5.74) is 0. The van der Waals surface area contributed by atoms with Crippen molar-refractivity contribution in [3.05, 3.63) is 24.2 Å². The number of carbonyl (C=O) groups excluding carboxylic acids is 1. The van der Waals surface area contributed by atoms with Gasteiger partial charge in [-0.2, -0.15) is 0 Å². The van der Waals surface area contributed by atoms with Crippen molar-refractivity contribution in [2.24, 2.45) is 0 Å². The Balaban J connectivity index is 1.69. The molecule has 0 unspecified atom stereocenters. The number of rotatable bonds is 5. The Hall–Kier alpha value is -1.29. The molecule has 0 bridgehead atoms. The third kappa shape index (κ3) is 3.60. The summed E-state index contributed by atoms with van der Waals surface area (Å²) in [5, 5.41) is 2.98. The Kier molecular flexibility index (Phi) is 4.20. The van der Waals surface area contributed by atoms with Gasteiger partial charge in [0, 0.05) is 19.4 Å². The first-order valence-electron chi connectivity index (χ1n) is 6.19. The molecule has 4 nitrogen and oxygen atoms in total. The summed E-state index contributed by atoms with van der Waals surface area (Å²) in [6.45, 7) is 2.82. The minimum absolute atomic E-state index is 0.0596. The van der Waals surface area contributed by atoms with Crippen molar-refractivity contribution in [3.8, 4) is 0 Å². The van der Waals surface area contributed by atoms with E-state index in [-0.39, 0.29) is 18.1 Å². The van der Waals surface area contributed by atoms with E-state index in [1.165, 1.54) is 0 Å². The van der Waals surface area contributed by atoms with Gasteiger partial charge in [-0.25, -0.2) is 0 Å². The highest BCUT2D eigenvalue weighted by molar-refractivity contribution is 5.76. The van der Waals surface area contributed by atoms with Gasteiger partial charge in [-0.15, -0.1) is 0 Å². The minimum atomic E-state index is 0.0596. The Morgan fingerprint density at radius 2 is 2.53 bits per heavy atom. The number of hydrogen-bond acceptors (Lipinski definition) is 3. The van der Waals surface area contributed by atoms with E-state index in [9.17, 15) is 4.79 Å². The van der Waals surface area contributed by atoms with Gasteiger partial charge in [0.05, 0.1) is 18.4 Å². The molecule has 2 rings (SSSR count). The monoisotopic (exact) mass is 237 g/mol. The zero-order chi connectivity index (χ0) is 12.1. The van der Waals surface area contributed by atoms with Gasteiger partial charge < -0.3 is 14.5 Å². The lowest BCUT2D eigenvalue weighted by atomic mass is 10.1. The molecule has 4 heteroatoms. The van der Waals surface area contributed by atoms with Gasteiger partial charge in [-0.1, -0.05) is 0 Å². The second-order valence-electron chi connectivity index (χ2n) is 4.49. The van der Waals surface area contributed by atoms with Gasteiger partial charge in [0.1, 0.15) is 5.76 Å². The SMILES string of the molecule is C[C@@H](NC(=O)CCc1ccco1)[C@@H]1CCCO1. The molecule has 2 heterocycles. The maximum atomic E-state index is 11.7. The molecule has 2 atom stereocenters. The van der Waals surface area contributed by atoms with Crippen molar-refractivity contribution in [1.29, 1.82) is 0 Å². The van der Waals surface area contributed by atoms with E-state index < -0.39 is 0 Å². The summed E-state index contributed by atoms with van der Waals surface area (Å²) in [6, 6.07) is 3.82. The van der Waals surface area contributed by atoms with Gasteiger partial charge in [0.15, 0.2) is 0 Å². The fourth-order valence-corrected chi connectivity index (χ4v) is 2.11. The van der Waals surface area contributed by atoms with Crippen molar-refractivity contribution in [3.63, 3.8) is 0 Å². The first kappa shape index (κ1) is 12.2. The fraction of sp³-hybridized carbons (Fsp3) is 0.615. The molecule has 1 N–H and O–H groups in total. The van der Waals surface area contributed by atoms with Crippen LogP contribution < -0.4 is 5.32 Å². The molecule has 17 heavy (non-hydrogen) atoms. The zero-order valence-corrected chi connectivity index (χ0v) is 10.1. The number of ether oxygens (including phenoxy) is 1. The quantitative estimate of drug-likeness (QED) is 0.851. The van der Waals surface area contributed by atoms with Crippen LogP contribution in [0.1, 0.15) is 31.9 Å². The van der Waals surface area contributed by atoms with Crippen LogP contribution >= 0.6 is 0 Å². The molecule has 1 amide bonds. The van der Waals surface area contributed by atoms with Crippen LogP contribution in [0.15, 0.2) is 22.8 Å². The van der Waals surface area contributed by atoms with Gasteiger partial charge in [0.25, 0.3) is 0 Å². The van der Waals surface area contributed by atoms with Gasteiger partial charge >= 0.3 is 0 Å². The highest BCUT2D eigenvalue weighted by Gasteiger charge is 2.23. The van der Waals surface area contributed by atoms with Crippen molar-refractivity contribution in [2.45, 2.75) is 44.8 Å². The highest BCUT2D eigenvalue weighted by atomic mass is 16.5. The van der Waals surface area contributed by atoms with Gasteiger partial charge in [-0.3, -0.25) is 4.79 Å². The van der Waals surface area contributed by atoms with Crippen LogP contribution in [-0.4, -0.2) is 24.7 Å². The Morgan fingerprint density at radius 3 is 3.18 bits per heavy atom. The van der Waals surface area contributed by atoms with Crippen molar-refractivity contribution < 1.29 is 13.9 Å². The topological polar surface area (TPSA) is 51.5 Å². The van der Waals surface area contributed by atoms with E-state index in [1.807, 2.05) is 19.1 Å². The average Bonchev–Trinajstić information content (AvgIpc) is 2.99. The summed E-state index contributed by atoms with van der Waals surface area (Å²) < 4.78 is 10.7. The normalized spacial score (nSPS) is 21.4. The van der Waals surface area contributed by atoms with E-state index >= 15 is 0 Å². The van der Waals surface area contributed by atoms with E-state index in [0.29, 0.717) is 12.8 Å². The van der Waals surface area contributed by atoms with Crippen LogP contribution in [0.2, 0.25) is 0 Å². The molecule has 94 valence electrons. The molecule has 0 aromatic carbocycles. The van der Waals surface area contributed by atoms with E-state index in [0.717, 1.165) is 25.2 Å². The summed E-state index contributed by atoms with van der Waals surface area (Å²) in [4.78, 5) is 11.7. The third-order valence-corrected chi connectivity index (χ3v) is 3.09. The van der Waals surface area contributed by atoms with Crippen LogP contribution in [0.4, 0.5) is 0 Å². The van der Waals surface area contributed by atoms with E-state index in [2.05, 4.69) is 5.32 Å². The number of aryl methyl sites for hydroxylation is 1. The number of furan rings is 1. The van der Waals surface area contributed by atoms with Gasteiger partial charge in [-0.05, 0) is 31.9 Å². The molecule has 0 aliphatic carbocycles. The third-order valence-electron chi connectivity index (χ3n) is 3.09. The minimum Gasteiger partial charge on any atom is -0.469 e. The molecule has 1 aromatic heterocycles. The lowest BCUT2D eigenvalue weighted by molar-refractivity contribution is -0.122. The Labute approximate surface area is 101 Å². The second kappa shape index (κ2) is 5.87. The number of amides is 1. The predicted molar refractivity (Wildman–Crippen MR) is 63.6 cm³/mol. The number of hydrogen-bond donors (Lipinski definition) is 1. The molecule has 1 saturated heterocycles. The first-order valence-corrected chi connectivity index (χ1v) is 6.19. The molecular formula is C13H19NO3. The fourth-order valence-electron chi connectivity index (χ4n) is 2.11. The Morgan fingerprint density at radius 1 is 1.65 bits per heavy atom. The molecule has 1 aromatic rings. The molecule has 1 aliphatic heterocycles. The van der Waals surface area contributed by atoms with Crippen LogP contribution in [0.3, 0.4) is 0 Å². The lowest BCUT2D eigenvalue weighted by Crippen LogP contribution is -2.40. The average molecular weight is 237 g/mol. The van der Waals surface area contributed by atoms with Gasteiger partial charge in [0.2, 0.25) is 5.91 Å².